The van der Waals surface area contributed by atoms with Crippen LogP contribution in [-0.2, 0) is 0 Å². The lowest BCUT2D eigenvalue weighted by Crippen LogP contribution is -2.25. The van der Waals surface area contributed by atoms with E-state index in [9.17, 15) is 9.59 Å². The minimum Gasteiger partial charge on any atom is -0.393 e. The minimum atomic E-state index is -0.375. The largest absolute Gasteiger partial charge is 0.393 e. The number of nitrogen functional groups attached to an aromatic ring is 1. The Morgan fingerprint density at radius 1 is 1.56 bits per heavy atom. The monoisotopic (exact) mass is 256 g/mol. The summed E-state index contributed by atoms with van der Waals surface area (Å²) in [5.74, 6) is 0.0557. The van der Waals surface area contributed by atoms with Gasteiger partial charge in [0.2, 0.25) is 5.91 Å². The molecule has 0 amide bonds. The van der Waals surface area contributed by atoms with Crippen molar-refractivity contribution >= 4 is 32.3 Å². The highest BCUT2D eigenvalue weighted by Gasteiger charge is 2.24. The molecule has 0 spiro atoms. The number of nitrogens with two attached hydrogens (primary N) is 1. The highest BCUT2D eigenvalue weighted by atomic mass is 32.9. The summed E-state index contributed by atoms with van der Waals surface area (Å²) in [5, 5.41) is 1.80. The Morgan fingerprint density at radius 3 is 2.88 bits per heavy atom. The van der Waals surface area contributed by atoms with Crippen LogP contribution in [0.4, 0.5) is 5.69 Å². The van der Waals surface area contributed by atoms with E-state index in [0.29, 0.717) is 12.1 Å². The molecule has 0 radical (unpaired) electrons. The van der Waals surface area contributed by atoms with E-state index < -0.39 is 0 Å². The van der Waals surface area contributed by atoms with Crippen molar-refractivity contribution < 1.29 is 4.79 Å². The van der Waals surface area contributed by atoms with E-state index in [2.05, 4.69) is 0 Å². The lowest BCUT2D eigenvalue weighted by atomic mass is 10.1. The Kier molecular flexibility index (Phi) is 2.86. The van der Waals surface area contributed by atoms with Gasteiger partial charge in [-0.15, -0.1) is 0 Å². The van der Waals surface area contributed by atoms with Crippen molar-refractivity contribution in [2.45, 2.75) is 20.3 Å². The van der Waals surface area contributed by atoms with Crippen molar-refractivity contribution in [2.24, 2.45) is 5.92 Å². The molecule has 2 aliphatic rings. The van der Waals surface area contributed by atoms with Gasteiger partial charge in [-0.05, 0) is 5.92 Å². The lowest BCUT2D eigenvalue weighted by Gasteiger charge is -2.04. The molecule has 6 heteroatoms. The summed E-state index contributed by atoms with van der Waals surface area (Å²) in [6.45, 7) is 3.89. The summed E-state index contributed by atoms with van der Waals surface area (Å²) in [5.41, 5.74) is 6.16. The molecule has 86 valence electrons. The van der Waals surface area contributed by atoms with Gasteiger partial charge in [-0.2, -0.15) is 0 Å². The van der Waals surface area contributed by atoms with Crippen LogP contribution in [0.3, 0.4) is 0 Å². The Labute approximate surface area is 100 Å². The number of anilines is 1. The molecule has 0 aromatic rings. The second kappa shape index (κ2) is 4.03. The highest BCUT2D eigenvalue weighted by Crippen LogP contribution is 2.35. The topological polar surface area (TPSA) is 65.1 Å². The quantitative estimate of drug-likeness (QED) is 0.839. The zero-order chi connectivity index (χ0) is 11.9. The van der Waals surface area contributed by atoms with E-state index in [1.807, 2.05) is 13.8 Å². The number of hydrogen-bond acceptors (Lipinski definition) is 5. The molecule has 2 aliphatic heterocycles. The maximum absolute atomic E-state index is 11.9. The van der Waals surface area contributed by atoms with Crippen molar-refractivity contribution in [1.82, 2.24) is 4.57 Å². The van der Waals surface area contributed by atoms with Gasteiger partial charge in [0.05, 0.1) is 10.6 Å². The second-order valence-corrected chi connectivity index (χ2v) is 6.14. The van der Waals surface area contributed by atoms with Crippen LogP contribution in [0.25, 0.3) is 10.6 Å². The molecule has 2 rings (SSSR count). The van der Waals surface area contributed by atoms with E-state index in [4.69, 9.17) is 5.73 Å². The molecular weight excluding hydrogens is 244 g/mol. The number of carbonyl (C=O) groups excluding carboxylic acids is 1. The molecule has 0 aromatic carbocycles. The van der Waals surface area contributed by atoms with Gasteiger partial charge in [-0.25, -0.2) is 4.57 Å². The van der Waals surface area contributed by atoms with Gasteiger partial charge in [0.1, 0.15) is 5.69 Å². The zero-order valence-corrected chi connectivity index (χ0v) is 10.7. The standard InChI is InChI=1S/C10H12N2O2S2/c1-5(2)3-7(13)12-6-4-15-16-9(6)8(11)10(12)14/h4-5H,3,11H2,1-2H3. The number of nitrogens with zero attached hydrogens (tertiary/aromatic N) is 1. The van der Waals surface area contributed by atoms with Crippen LogP contribution in [0.5, 0.6) is 0 Å². The molecule has 4 nitrogen and oxygen atoms in total. The molecule has 0 unspecified atom stereocenters. The summed E-state index contributed by atoms with van der Waals surface area (Å²) < 4.78 is 1.21. The molecule has 0 aromatic heterocycles. The van der Waals surface area contributed by atoms with Gasteiger partial charge in [0.25, 0.3) is 5.56 Å². The third-order valence-electron chi connectivity index (χ3n) is 2.28. The number of fused-ring (bicyclic) bond motifs is 1. The minimum absolute atomic E-state index is 0.174. The van der Waals surface area contributed by atoms with Crippen LogP contribution in [0.15, 0.2) is 10.2 Å². The fraction of sp³-hybridized carbons (Fsp3) is 0.400. The average molecular weight is 256 g/mol. The molecule has 0 bridgehead atoms. The predicted molar refractivity (Wildman–Crippen MR) is 67.6 cm³/mol. The van der Waals surface area contributed by atoms with Crippen LogP contribution >= 0.6 is 20.7 Å². The molecule has 0 fully saturated rings. The lowest BCUT2D eigenvalue weighted by molar-refractivity contribution is 0.0886. The summed E-state index contributed by atoms with van der Waals surface area (Å²) in [6, 6.07) is 0. The molecule has 0 atom stereocenters. The van der Waals surface area contributed by atoms with E-state index in [0.717, 1.165) is 4.88 Å². The normalized spacial score (nSPS) is 11.4. The molecule has 2 heterocycles. The van der Waals surface area contributed by atoms with Crippen LogP contribution in [0.2, 0.25) is 0 Å². The molecule has 0 aliphatic carbocycles. The van der Waals surface area contributed by atoms with Crippen LogP contribution < -0.4 is 11.3 Å². The first-order valence-corrected chi connectivity index (χ1v) is 7.14. The maximum Gasteiger partial charge on any atom is 0.282 e. The van der Waals surface area contributed by atoms with Crippen LogP contribution in [0.1, 0.15) is 25.1 Å². The van der Waals surface area contributed by atoms with Crippen molar-refractivity contribution in [2.75, 3.05) is 5.73 Å². The van der Waals surface area contributed by atoms with E-state index in [-0.39, 0.29) is 23.1 Å². The summed E-state index contributed by atoms with van der Waals surface area (Å²) in [6.07, 6.45) is 0.360. The number of carbonyl (C=O) groups is 1. The highest BCUT2D eigenvalue weighted by molar-refractivity contribution is 7.70. The van der Waals surface area contributed by atoms with Gasteiger partial charge < -0.3 is 5.73 Å². The van der Waals surface area contributed by atoms with Crippen LogP contribution in [0, 0.1) is 5.92 Å². The van der Waals surface area contributed by atoms with E-state index >= 15 is 0 Å². The average Bonchev–Trinajstić information content (AvgIpc) is 2.71. The zero-order valence-electron chi connectivity index (χ0n) is 9.02. The van der Waals surface area contributed by atoms with Crippen LogP contribution in [-0.4, -0.2) is 10.5 Å². The predicted octanol–water partition coefficient (Wildman–Crippen LogP) is 2.34. The Bertz CT molecular complexity index is 550. The smallest absolute Gasteiger partial charge is 0.282 e. The first-order chi connectivity index (χ1) is 7.52. The van der Waals surface area contributed by atoms with Gasteiger partial charge in [0, 0.05) is 11.8 Å². The number of rotatable bonds is 2. The van der Waals surface area contributed by atoms with Crippen molar-refractivity contribution in [1.29, 1.82) is 0 Å². The fourth-order valence-corrected chi connectivity index (χ4v) is 3.74. The number of hydrogen-bond donors (Lipinski definition) is 1. The van der Waals surface area contributed by atoms with E-state index in [1.165, 1.54) is 25.2 Å². The Hall–Kier alpha value is -1.14. The van der Waals surface area contributed by atoms with Crippen molar-refractivity contribution in [3.63, 3.8) is 0 Å². The van der Waals surface area contributed by atoms with Gasteiger partial charge in [-0.3, -0.25) is 9.59 Å². The fourth-order valence-electron chi connectivity index (χ4n) is 1.57. The van der Waals surface area contributed by atoms with Gasteiger partial charge >= 0.3 is 0 Å². The van der Waals surface area contributed by atoms with Gasteiger partial charge in [-0.1, -0.05) is 34.5 Å². The first-order valence-electron chi connectivity index (χ1n) is 4.93. The summed E-state index contributed by atoms with van der Waals surface area (Å²) in [7, 11) is 2.91. The first kappa shape index (κ1) is 11.3. The molecule has 2 N–H and O–H groups in total. The third kappa shape index (κ3) is 1.68. The molecule has 0 saturated carbocycles. The molecule has 0 saturated heterocycles. The molecule has 16 heavy (non-hydrogen) atoms. The SMILES string of the molecule is CC(C)CC(=O)n1c2cssc-2c(N)c1=O. The van der Waals surface area contributed by atoms with Crippen molar-refractivity contribution in [3.8, 4) is 10.6 Å². The van der Waals surface area contributed by atoms with Gasteiger partial charge in [0.15, 0.2) is 0 Å². The number of aromatic nitrogens is 1. The third-order valence-corrected chi connectivity index (χ3v) is 4.36. The summed E-state index contributed by atoms with van der Waals surface area (Å²) in [4.78, 5) is 24.4. The Morgan fingerprint density at radius 2 is 2.25 bits per heavy atom. The second-order valence-electron chi connectivity index (χ2n) is 4.06. The Balaban J connectivity index is 2.52. The maximum atomic E-state index is 11.9. The summed E-state index contributed by atoms with van der Waals surface area (Å²) >= 11 is 0. The van der Waals surface area contributed by atoms with E-state index in [1.54, 1.807) is 5.38 Å². The van der Waals surface area contributed by atoms with Crippen molar-refractivity contribution in [3.05, 3.63) is 15.7 Å². The molecular formula is C10H12N2O2S2.